The first kappa shape index (κ1) is 29.2. The van der Waals surface area contributed by atoms with Crippen LogP contribution in [0.5, 0.6) is 0 Å². The highest BCUT2D eigenvalue weighted by molar-refractivity contribution is 4.91. The zero-order valence-electron chi connectivity index (χ0n) is 23.9. The van der Waals surface area contributed by atoms with Gasteiger partial charge in [0.15, 0.2) is 0 Å². The fourth-order valence-corrected chi connectivity index (χ4v) is 6.80. The van der Waals surface area contributed by atoms with Crippen molar-refractivity contribution in [1.29, 1.82) is 0 Å². The van der Waals surface area contributed by atoms with Gasteiger partial charge in [0.05, 0.1) is 12.2 Å². The van der Waals surface area contributed by atoms with Crippen LogP contribution in [0.2, 0.25) is 0 Å². The molecule has 0 saturated heterocycles. The molecule has 2 N–H and O–H groups in total. The molecule has 0 heterocycles. The summed E-state index contributed by atoms with van der Waals surface area (Å²) < 4.78 is 0. The lowest BCUT2D eigenvalue weighted by molar-refractivity contribution is -0.0289. The second-order valence-electron chi connectivity index (χ2n) is 15.5. The summed E-state index contributed by atoms with van der Waals surface area (Å²) in [6, 6.07) is 0. The molecule has 2 rings (SSSR count). The van der Waals surface area contributed by atoms with E-state index in [2.05, 4.69) is 62.3 Å². The molecule has 2 fully saturated rings. The van der Waals surface area contributed by atoms with Gasteiger partial charge in [0.2, 0.25) is 0 Å². The highest BCUT2D eigenvalue weighted by atomic mass is 16.3. The third kappa shape index (κ3) is 9.83. The third-order valence-corrected chi connectivity index (χ3v) is 9.48. The monoisotopic (exact) mass is 464 g/mol. The molecule has 2 aliphatic carbocycles. The minimum Gasteiger partial charge on any atom is -0.393 e. The lowest BCUT2D eigenvalue weighted by Gasteiger charge is -2.44. The highest BCUT2D eigenvalue weighted by Gasteiger charge is 2.40. The predicted octanol–water partition coefficient (Wildman–Crippen LogP) is 8.64. The quantitative estimate of drug-likeness (QED) is 0.358. The fourth-order valence-electron chi connectivity index (χ4n) is 6.80. The van der Waals surface area contributed by atoms with Crippen LogP contribution in [0, 0.1) is 45.8 Å². The molecule has 0 aromatic heterocycles. The summed E-state index contributed by atoms with van der Waals surface area (Å²) >= 11 is 0. The number of aliphatic hydroxyl groups excluding tert-OH is 2. The molecule has 2 nitrogen and oxygen atoms in total. The van der Waals surface area contributed by atoms with Crippen molar-refractivity contribution in [2.75, 3.05) is 0 Å². The molecule has 7 atom stereocenters. The van der Waals surface area contributed by atoms with Gasteiger partial charge in [-0.1, -0.05) is 62.3 Å². The van der Waals surface area contributed by atoms with Gasteiger partial charge in [0.25, 0.3) is 0 Å². The Morgan fingerprint density at radius 1 is 0.667 bits per heavy atom. The molecule has 0 aromatic rings. The van der Waals surface area contributed by atoms with E-state index in [1.165, 1.54) is 64.2 Å². The van der Waals surface area contributed by atoms with Crippen LogP contribution in [0.25, 0.3) is 0 Å². The maximum Gasteiger partial charge on any atom is 0.0573 e. The molecule has 0 radical (unpaired) electrons. The van der Waals surface area contributed by atoms with Crippen LogP contribution in [0.3, 0.4) is 0 Å². The van der Waals surface area contributed by atoms with Crippen molar-refractivity contribution in [3.8, 4) is 0 Å². The normalized spacial score (nSPS) is 33.2. The molecule has 196 valence electrons. The summed E-state index contributed by atoms with van der Waals surface area (Å²) in [5.41, 5.74) is 0.974. The number of hydrogen-bond acceptors (Lipinski definition) is 2. The van der Waals surface area contributed by atoms with Crippen molar-refractivity contribution in [1.82, 2.24) is 0 Å². The first-order valence-electron chi connectivity index (χ1n) is 14.4. The van der Waals surface area contributed by atoms with Crippen molar-refractivity contribution in [2.24, 2.45) is 45.8 Å². The summed E-state index contributed by atoms with van der Waals surface area (Å²) in [6.07, 6.45) is 14.1. The Hall–Kier alpha value is -0.0800. The maximum absolute atomic E-state index is 11.0. The fraction of sp³-hybridized carbons (Fsp3) is 1.00. The van der Waals surface area contributed by atoms with Gasteiger partial charge in [-0.2, -0.15) is 0 Å². The van der Waals surface area contributed by atoms with Gasteiger partial charge in [0.1, 0.15) is 0 Å². The summed E-state index contributed by atoms with van der Waals surface area (Å²) in [6.45, 7) is 21.2. The SMILES string of the molecule is CC(CCC(C)(C)C1CC(CCC(C)(C)C)CCC1O)C1CCC(CCC(C)(C)C)CC1O. The molecule has 0 aliphatic heterocycles. The Morgan fingerprint density at radius 2 is 1.18 bits per heavy atom. The van der Waals surface area contributed by atoms with E-state index in [1.54, 1.807) is 0 Å². The maximum atomic E-state index is 11.0. The van der Waals surface area contributed by atoms with Gasteiger partial charge < -0.3 is 10.2 Å². The molecular formula is C31H60O2. The van der Waals surface area contributed by atoms with Crippen LogP contribution in [-0.4, -0.2) is 22.4 Å². The van der Waals surface area contributed by atoms with Gasteiger partial charge in [-0.05, 0) is 123 Å². The Balaban J connectivity index is 1.84. The molecule has 33 heavy (non-hydrogen) atoms. The van der Waals surface area contributed by atoms with Gasteiger partial charge in [0, 0.05) is 0 Å². The molecule has 0 spiro atoms. The Kier molecular flexibility index (Phi) is 10.4. The van der Waals surface area contributed by atoms with Crippen LogP contribution in [0.15, 0.2) is 0 Å². The molecule has 2 aliphatic rings. The lowest BCUT2D eigenvalue weighted by Crippen LogP contribution is -2.40. The van der Waals surface area contributed by atoms with E-state index in [4.69, 9.17) is 0 Å². The second-order valence-corrected chi connectivity index (χ2v) is 15.5. The first-order chi connectivity index (χ1) is 15.1. The van der Waals surface area contributed by atoms with Crippen molar-refractivity contribution in [2.45, 2.75) is 152 Å². The summed E-state index contributed by atoms with van der Waals surface area (Å²) in [5, 5.41) is 21.9. The Labute approximate surface area is 207 Å². The summed E-state index contributed by atoms with van der Waals surface area (Å²) in [7, 11) is 0. The lowest BCUT2D eigenvalue weighted by atomic mass is 9.62. The average Bonchev–Trinajstić information content (AvgIpc) is 2.68. The molecule has 2 heteroatoms. The van der Waals surface area contributed by atoms with E-state index in [0.717, 1.165) is 18.8 Å². The Bertz CT molecular complexity index is 566. The Morgan fingerprint density at radius 3 is 1.70 bits per heavy atom. The molecule has 2 saturated carbocycles. The van der Waals surface area contributed by atoms with Crippen LogP contribution >= 0.6 is 0 Å². The smallest absolute Gasteiger partial charge is 0.0573 e. The highest BCUT2D eigenvalue weighted by Crippen LogP contribution is 2.47. The molecule has 0 amide bonds. The van der Waals surface area contributed by atoms with Gasteiger partial charge >= 0.3 is 0 Å². The summed E-state index contributed by atoms with van der Waals surface area (Å²) in [4.78, 5) is 0. The van der Waals surface area contributed by atoms with E-state index in [9.17, 15) is 10.2 Å². The van der Waals surface area contributed by atoms with E-state index in [1.807, 2.05) is 0 Å². The predicted molar refractivity (Wildman–Crippen MR) is 143 cm³/mol. The second kappa shape index (κ2) is 11.8. The van der Waals surface area contributed by atoms with Gasteiger partial charge in [-0.25, -0.2) is 0 Å². The van der Waals surface area contributed by atoms with Crippen molar-refractivity contribution < 1.29 is 10.2 Å². The van der Waals surface area contributed by atoms with E-state index in [-0.39, 0.29) is 17.6 Å². The minimum absolute atomic E-state index is 0.121. The average molecular weight is 465 g/mol. The zero-order valence-corrected chi connectivity index (χ0v) is 23.9. The topological polar surface area (TPSA) is 40.5 Å². The molecule has 0 bridgehead atoms. The third-order valence-electron chi connectivity index (χ3n) is 9.48. The standard InChI is InChI=1S/C31H60O2/c1-22(25-12-10-24(21-28(25)33)16-18-30(5,6)7)14-19-31(8,9)26-20-23(11-13-27(26)32)15-17-29(2,3)4/h22-28,32-33H,10-21H2,1-9H3. The van der Waals surface area contributed by atoms with Crippen LogP contribution in [-0.2, 0) is 0 Å². The number of aliphatic hydroxyl groups is 2. The van der Waals surface area contributed by atoms with Gasteiger partial charge in [-0.3, -0.25) is 0 Å². The largest absolute Gasteiger partial charge is 0.393 e. The number of rotatable bonds is 9. The van der Waals surface area contributed by atoms with Crippen molar-refractivity contribution >= 4 is 0 Å². The molecule has 0 aromatic carbocycles. The van der Waals surface area contributed by atoms with Crippen LogP contribution in [0.1, 0.15) is 139 Å². The van der Waals surface area contributed by atoms with E-state index >= 15 is 0 Å². The zero-order chi connectivity index (χ0) is 25.0. The number of hydrogen-bond donors (Lipinski definition) is 2. The van der Waals surface area contributed by atoms with E-state index in [0.29, 0.717) is 34.5 Å². The molecular weight excluding hydrogens is 404 g/mol. The van der Waals surface area contributed by atoms with Crippen molar-refractivity contribution in [3.05, 3.63) is 0 Å². The molecule has 7 unspecified atom stereocenters. The summed E-state index contributed by atoms with van der Waals surface area (Å²) in [5.74, 6) is 2.94. The van der Waals surface area contributed by atoms with Crippen molar-refractivity contribution in [3.63, 3.8) is 0 Å². The van der Waals surface area contributed by atoms with Gasteiger partial charge in [-0.15, -0.1) is 0 Å². The van der Waals surface area contributed by atoms with E-state index < -0.39 is 0 Å². The first-order valence-corrected chi connectivity index (χ1v) is 14.4. The minimum atomic E-state index is -0.134. The van der Waals surface area contributed by atoms with Crippen LogP contribution < -0.4 is 0 Å². The van der Waals surface area contributed by atoms with Crippen LogP contribution in [0.4, 0.5) is 0 Å².